The van der Waals surface area contributed by atoms with Crippen LogP contribution in [0, 0.1) is 0 Å². The van der Waals surface area contributed by atoms with Crippen LogP contribution in [0.4, 0.5) is 4.79 Å². The monoisotopic (exact) mass is 205 g/mol. The number of carbonyl (C=O) groups excluding carboxylic acids is 1. The van der Waals surface area contributed by atoms with Gasteiger partial charge >= 0.3 is 12.1 Å². The molecule has 0 saturated heterocycles. The number of ether oxygens (including phenoxy) is 2. The van der Waals surface area contributed by atoms with Crippen molar-refractivity contribution in [3.63, 3.8) is 0 Å². The third kappa shape index (κ3) is 2.59. The molecule has 6 nitrogen and oxygen atoms in total. The van der Waals surface area contributed by atoms with Crippen molar-refractivity contribution in [1.82, 2.24) is 5.32 Å². The molecular formula is C8H15NO5. The number of amides is 1. The molecule has 14 heavy (non-hydrogen) atoms. The van der Waals surface area contributed by atoms with Crippen LogP contribution in [-0.2, 0) is 14.3 Å². The molecule has 2 atom stereocenters. The highest BCUT2D eigenvalue weighted by Crippen LogP contribution is 2.13. The molecule has 0 aliphatic heterocycles. The number of carbonyl (C=O) groups is 2. The highest BCUT2D eigenvalue weighted by atomic mass is 16.5. The molecule has 0 bridgehead atoms. The zero-order valence-electron chi connectivity index (χ0n) is 8.66. The van der Waals surface area contributed by atoms with Crippen LogP contribution in [0.5, 0.6) is 0 Å². The fourth-order valence-corrected chi connectivity index (χ4v) is 0.828. The number of carboxylic acid groups (broad SMARTS) is 1. The molecule has 0 radical (unpaired) electrons. The summed E-state index contributed by atoms with van der Waals surface area (Å²) >= 11 is 0. The van der Waals surface area contributed by atoms with E-state index in [2.05, 4.69) is 10.1 Å². The van der Waals surface area contributed by atoms with Crippen LogP contribution in [0.3, 0.4) is 0 Å². The number of hydrogen-bond acceptors (Lipinski definition) is 4. The Morgan fingerprint density at radius 1 is 1.43 bits per heavy atom. The first-order chi connectivity index (χ1) is 6.38. The molecule has 0 aliphatic carbocycles. The van der Waals surface area contributed by atoms with Gasteiger partial charge in [0.1, 0.15) is 0 Å². The van der Waals surface area contributed by atoms with Crippen LogP contribution in [0.15, 0.2) is 0 Å². The lowest BCUT2D eigenvalue weighted by Gasteiger charge is -2.30. The summed E-state index contributed by atoms with van der Waals surface area (Å²) in [6.45, 7) is 2.89. The van der Waals surface area contributed by atoms with E-state index in [1.807, 2.05) is 0 Å². The Hall–Kier alpha value is -1.30. The maximum atomic E-state index is 10.9. The molecule has 0 fully saturated rings. The first kappa shape index (κ1) is 12.7. The maximum absolute atomic E-state index is 10.9. The van der Waals surface area contributed by atoms with E-state index in [0.29, 0.717) is 0 Å². The van der Waals surface area contributed by atoms with Crippen molar-refractivity contribution in [3.8, 4) is 0 Å². The van der Waals surface area contributed by atoms with Crippen molar-refractivity contribution in [2.24, 2.45) is 0 Å². The Kier molecular flexibility index (Phi) is 4.36. The molecule has 0 rings (SSSR count). The molecule has 0 saturated carbocycles. The van der Waals surface area contributed by atoms with Gasteiger partial charge in [0.15, 0.2) is 5.54 Å². The van der Waals surface area contributed by atoms with Gasteiger partial charge in [0.2, 0.25) is 0 Å². The SMILES string of the molecule is COC(=O)N[C@](C)(C(=O)O)[C@H](C)OC. The number of nitrogens with one attached hydrogen (secondary N) is 1. The van der Waals surface area contributed by atoms with E-state index in [4.69, 9.17) is 9.84 Å². The number of carboxylic acids is 1. The maximum Gasteiger partial charge on any atom is 0.407 e. The molecule has 0 spiro atoms. The van der Waals surface area contributed by atoms with Gasteiger partial charge in [-0.2, -0.15) is 0 Å². The van der Waals surface area contributed by atoms with Gasteiger partial charge in [-0.1, -0.05) is 0 Å². The Morgan fingerprint density at radius 3 is 2.21 bits per heavy atom. The molecule has 0 unspecified atom stereocenters. The quantitative estimate of drug-likeness (QED) is 0.685. The lowest BCUT2D eigenvalue weighted by atomic mass is 9.96. The van der Waals surface area contributed by atoms with Crippen LogP contribution >= 0.6 is 0 Å². The largest absolute Gasteiger partial charge is 0.479 e. The van der Waals surface area contributed by atoms with Crippen molar-refractivity contribution in [1.29, 1.82) is 0 Å². The Morgan fingerprint density at radius 2 is 1.93 bits per heavy atom. The average molecular weight is 205 g/mol. The normalized spacial score (nSPS) is 16.6. The molecule has 6 heteroatoms. The lowest BCUT2D eigenvalue weighted by molar-refractivity contribution is -0.149. The molecule has 0 aromatic heterocycles. The van der Waals surface area contributed by atoms with Crippen molar-refractivity contribution in [2.75, 3.05) is 14.2 Å². The van der Waals surface area contributed by atoms with Gasteiger partial charge in [0.25, 0.3) is 0 Å². The average Bonchev–Trinajstić information content (AvgIpc) is 2.15. The fraction of sp³-hybridized carbons (Fsp3) is 0.750. The van der Waals surface area contributed by atoms with E-state index in [9.17, 15) is 9.59 Å². The third-order valence-corrected chi connectivity index (χ3v) is 2.16. The topological polar surface area (TPSA) is 84.9 Å². The minimum atomic E-state index is -1.50. The van der Waals surface area contributed by atoms with Crippen LogP contribution < -0.4 is 5.32 Å². The zero-order valence-corrected chi connectivity index (χ0v) is 8.66. The second-order valence-corrected chi connectivity index (χ2v) is 3.00. The van der Waals surface area contributed by atoms with Crippen molar-refractivity contribution in [3.05, 3.63) is 0 Å². The number of rotatable bonds is 4. The summed E-state index contributed by atoms with van der Waals surface area (Å²) in [5, 5.41) is 11.1. The van der Waals surface area contributed by atoms with Crippen LogP contribution in [0.2, 0.25) is 0 Å². The van der Waals surface area contributed by atoms with Gasteiger partial charge in [0.05, 0.1) is 13.2 Å². The van der Waals surface area contributed by atoms with E-state index < -0.39 is 23.7 Å². The van der Waals surface area contributed by atoms with Gasteiger partial charge < -0.3 is 19.9 Å². The zero-order chi connectivity index (χ0) is 11.4. The predicted octanol–water partition coefficient (Wildman–Crippen LogP) is 0.221. The van der Waals surface area contributed by atoms with Gasteiger partial charge in [-0.25, -0.2) is 9.59 Å². The minimum absolute atomic E-state index is 0.668. The molecule has 0 aromatic rings. The second-order valence-electron chi connectivity index (χ2n) is 3.00. The number of aliphatic carboxylic acids is 1. The second kappa shape index (κ2) is 4.80. The van der Waals surface area contributed by atoms with Crippen molar-refractivity contribution >= 4 is 12.1 Å². The van der Waals surface area contributed by atoms with Crippen LogP contribution in [0.1, 0.15) is 13.8 Å². The smallest absolute Gasteiger partial charge is 0.407 e. The van der Waals surface area contributed by atoms with E-state index >= 15 is 0 Å². The molecule has 82 valence electrons. The molecule has 0 aromatic carbocycles. The van der Waals surface area contributed by atoms with Crippen LogP contribution in [0.25, 0.3) is 0 Å². The van der Waals surface area contributed by atoms with E-state index in [-0.39, 0.29) is 0 Å². The number of alkyl carbamates (subject to hydrolysis) is 1. The summed E-state index contributed by atoms with van der Waals surface area (Å²) in [5.74, 6) is -1.18. The predicted molar refractivity (Wildman–Crippen MR) is 48.1 cm³/mol. The van der Waals surface area contributed by atoms with E-state index in [1.165, 1.54) is 14.0 Å². The summed E-state index contributed by atoms with van der Waals surface area (Å²) in [7, 11) is 2.53. The highest BCUT2D eigenvalue weighted by Gasteiger charge is 2.41. The summed E-state index contributed by atoms with van der Waals surface area (Å²) in [6, 6.07) is 0. The number of hydrogen-bond donors (Lipinski definition) is 2. The van der Waals surface area contributed by atoms with Crippen molar-refractivity contribution < 1.29 is 24.2 Å². The summed E-state index contributed by atoms with van der Waals surface area (Å²) in [6.07, 6.45) is -1.47. The minimum Gasteiger partial charge on any atom is -0.479 e. The highest BCUT2D eigenvalue weighted by molar-refractivity contribution is 5.84. The molecule has 2 N–H and O–H groups in total. The molecule has 0 heterocycles. The van der Waals surface area contributed by atoms with Gasteiger partial charge in [-0.3, -0.25) is 0 Å². The summed E-state index contributed by atoms with van der Waals surface area (Å²) in [4.78, 5) is 21.8. The van der Waals surface area contributed by atoms with Gasteiger partial charge in [0, 0.05) is 7.11 Å². The number of methoxy groups -OCH3 is 2. The summed E-state index contributed by atoms with van der Waals surface area (Å²) in [5.41, 5.74) is -1.50. The Bertz CT molecular complexity index is 230. The van der Waals surface area contributed by atoms with E-state index in [1.54, 1.807) is 6.92 Å². The van der Waals surface area contributed by atoms with E-state index in [0.717, 1.165) is 7.11 Å². The van der Waals surface area contributed by atoms with Gasteiger partial charge in [-0.15, -0.1) is 0 Å². The van der Waals surface area contributed by atoms with Crippen LogP contribution in [-0.4, -0.2) is 43.0 Å². The summed E-state index contributed by atoms with van der Waals surface area (Å²) < 4.78 is 9.19. The first-order valence-electron chi connectivity index (χ1n) is 4.00. The molecule has 1 amide bonds. The van der Waals surface area contributed by atoms with Crippen molar-refractivity contribution in [2.45, 2.75) is 25.5 Å². The standard InChI is InChI=1S/C8H15NO5/c1-5(13-3)8(2,6(10)11)9-7(12)14-4/h5H,1-4H3,(H,9,12)(H,10,11)/t5-,8-/m0/s1. The Balaban J connectivity index is 4.72. The molecular weight excluding hydrogens is 190 g/mol. The van der Waals surface area contributed by atoms with Gasteiger partial charge in [-0.05, 0) is 13.8 Å². The Labute approximate surface area is 82.2 Å². The third-order valence-electron chi connectivity index (χ3n) is 2.16. The fourth-order valence-electron chi connectivity index (χ4n) is 0.828. The molecule has 0 aliphatic rings. The lowest BCUT2D eigenvalue weighted by Crippen LogP contribution is -2.59. The first-order valence-corrected chi connectivity index (χ1v) is 4.00.